The van der Waals surface area contributed by atoms with Gasteiger partial charge in [-0.2, -0.15) is 0 Å². The minimum Gasteiger partial charge on any atom is -0.444 e. The van der Waals surface area contributed by atoms with Gasteiger partial charge in [-0.15, -0.1) is 0 Å². The maximum Gasteiger partial charge on any atom is 0.407 e. The smallest absolute Gasteiger partial charge is 0.407 e. The van der Waals surface area contributed by atoms with E-state index in [1.165, 1.54) is 0 Å². The molecule has 1 amide bonds. The number of ether oxygens (including phenoxy) is 1. The van der Waals surface area contributed by atoms with Gasteiger partial charge in [0.15, 0.2) is 0 Å². The quantitative estimate of drug-likeness (QED) is 0.712. The largest absolute Gasteiger partial charge is 0.444 e. The van der Waals surface area contributed by atoms with E-state index in [0.29, 0.717) is 12.3 Å². The van der Waals surface area contributed by atoms with Crippen molar-refractivity contribution >= 4 is 11.9 Å². The van der Waals surface area contributed by atoms with Crippen molar-refractivity contribution in [2.24, 2.45) is 11.3 Å². The summed E-state index contributed by atoms with van der Waals surface area (Å²) in [5.74, 6) is 0.469. The molecule has 0 aliphatic heterocycles. The van der Waals surface area contributed by atoms with E-state index in [4.69, 9.17) is 4.74 Å². The van der Waals surface area contributed by atoms with Crippen LogP contribution in [0.5, 0.6) is 0 Å². The highest BCUT2D eigenvalue weighted by molar-refractivity contribution is 5.85. The van der Waals surface area contributed by atoms with E-state index in [0.717, 1.165) is 25.7 Å². The number of carbonyl (C=O) groups is 2. The second kappa shape index (κ2) is 8.40. The zero-order valence-corrected chi connectivity index (χ0v) is 14.8. The van der Waals surface area contributed by atoms with Crippen molar-refractivity contribution in [3.05, 3.63) is 0 Å². The summed E-state index contributed by atoms with van der Waals surface area (Å²) in [5.41, 5.74) is -0.730. The lowest BCUT2D eigenvalue weighted by Crippen LogP contribution is -2.33. The van der Waals surface area contributed by atoms with Crippen LogP contribution in [0.1, 0.15) is 74.1 Å². The summed E-state index contributed by atoms with van der Waals surface area (Å²) in [5, 5.41) is 2.74. The van der Waals surface area contributed by atoms with Gasteiger partial charge < -0.3 is 10.1 Å². The number of Topliss-reactive ketones (excluding diaryl/α,β-unsaturated/α-hetero) is 1. The number of hydrogen-bond donors (Lipinski definition) is 1. The number of hydrogen-bond acceptors (Lipinski definition) is 3. The summed E-state index contributed by atoms with van der Waals surface area (Å²) in [6, 6.07) is 0. The van der Waals surface area contributed by atoms with Gasteiger partial charge >= 0.3 is 6.09 Å². The summed E-state index contributed by atoms with van der Waals surface area (Å²) in [6.45, 7) is 14.1. The van der Waals surface area contributed by atoms with Gasteiger partial charge in [0.05, 0.1) is 0 Å². The van der Waals surface area contributed by atoms with Crippen molar-refractivity contribution in [3.63, 3.8) is 0 Å². The monoisotopic (exact) mass is 299 g/mol. The van der Waals surface area contributed by atoms with Crippen LogP contribution in [0.3, 0.4) is 0 Å². The van der Waals surface area contributed by atoms with Crippen LogP contribution < -0.4 is 5.32 Å². The van der Waals surface area contributed by atoms with Crippen LogP contribution in [0.4, 0.5) is 4.79 Å². The Labute approximate surface area is 130 Å². The van der Waals surface area contributed by atoms with Crippen molar-refractivity contribution < 1.29 is 14.3 Å². The second-order valence-corrected chi connectivity index (χ2v) is 7.64. The van der Waals surface area contributed by atoms with Gasteiger partial charge in [0.1, 0.15) is 11.4 Å². The minimum absolute atomic E-state index is 0.131. The van der Waals surface area contributed by atoms with Crippen molar-refractivity contribution in [3.8, 4) is 0 Å². The molecular formula is C17H33NO3. The first-order valence-corrected chi connectivity index (χ1v) is 7.98. The summed E-state index contributed by atoms with van der Waals surface area (Å²) in [7, 11) is 0. The van der Waals surface area contributed by atoms with Crippen LogP contribution in [0.2, 0.25) is 0 Å². The van der Waals surface area contributed by atoms with Crippen LogP contribution in [0.25, 0.3) is 0 Å². The molecule has 4 heteroatoms. The molecule has 0 radical (unpaired) electrons. The maximum absolute atomic E-state index is 12.2. The fraction of sp³-hybridized carbons (Fsp3) is 0.882. The number of carbonyl (C=O) groups excluding carboxylic acids is 2. The van der Waals surface area contributed by atoms with Crippen molar-refractivity contribution in [1.82, 2.24) is 5.32 Å². The Morgan fingerprint density at radius 1 is 1.05 bits per heavy atom. The average molecular weight is 299 g/mol. The molecule has 4 nitrogen and oxygen atoms in total. The Bertz CT molecular complexity index is 337. The predicted molar refractivity (Wildman–Crippen MR) is 86.3 cm³/mol. The number of alkyl carbamates (subject to hydrolysis) is 1. The fourth-order valence-corrected chi connectivity index (χ4v) is 2.15. The molecule has 0 fully saturated rings. The molecule has 0 saturated heterocycles. The topological polar surface area (TPSA) is 55.4 Å². The van der Waals surface area contributed by atoms with Crippen LogP contribution in [0.15, 0.2) is 0 Å². The summed E-state index contributed by atoms with van der Waals surface area (Å²) in [6.07, 6.45) is 3.21. The predicted octanol–water partition coefficient (Wildman–Crippen LogP) is 4.32. The molecule has 0 bridgehead atoms. The Kier molecular flexibility index (Phi) is 7.98. The number of rotatable bonds is 7. The highest BCUT2D eigenvalue weighted by Gasteiger charge is 2.27. The normalized spacial score (nSPS) is 13.7. The van der Waals surface area contributed by atoms with Gasteiger partial charge in [0, 0.05) is 17.9 Å². The van der Waals surface area contributed by atoms with Crippen LogP contribution in [0, 0.1) is 11.3 Å². The average Bonchev–Trinajstić information content (AvgIpc) is 2.29. The lowest BCUT2D eigenvalue weighted by Gasteiger charge is -2.23. The van der Waals surface area contributed by atoms with Gasteiger partial charge in [-0.3, -0.25) is 4.79 Å². The molecule has 0 saturated carbocycles. The van der Waals surface area contributed by atoms with Gasteiger partial charge in [-0.1, -0.05) is 34.1 Å². The lowest BCUT2D eigenvalue weighted by molar-refractivity contribution is -0.130. The SMILES string of the molecule is CC[C@@H](CCCCNC(=O)OC(C)(C)C)C(=O)C(C)(C)C. The minimum atomic E-state index is -0.462. The first kappa shape index (κ1) is 19.9. The highest BCUT2D eigenvalue weighted by Crippen LogP contribution is 2.25. The third-order valence-corrected chi connectivity index (χ3v) is 3.25. The second-order valence-electron chi connectivity index (χ2n) is 7.64. The maximum atomic E-state index is 12.2. The molecule has 0 aliphatic rings. The lowest BCUT2D eigenvalue weighted by atomic mass is 9.80. The zero-order chi connectivity index (χ0) is 16.7. The molecule has 21 heavy (non-hydrogen) atoms. The fourth-order valence-electron chi connectivity index (χ4n) is 2.15. The van der Waals surface area contributed by atoms with Crippen LogP contribution >= 0.6 is 0 Å². The van der Waals surface area contributed by atoms with Gasteiger partial charge in [0.2, 0.25) is 0 Å². The first-order valence-electron chi connectivity index (χ1n) is 7.98. The molecule has 0 unspecified atom stereocenters. The van der Waals surface area contributed by atoms with Crippen LogP contribution in [-0.2, 0) is 9.53 Å². The zero-order valence-electron chi connectivity index (χ0n) is 14.8. The van der Waals surface area contributed by atoms with E-state index >= 15 is 0 Å². The standard InChI is InChI=1S/C17H33NO3/c1-8-13(14(19)16(2,3)4)11-9-10-12-18-15(20)21-17(5,6)7/h13H,8-12H2,1-7H3,(H,18,20)/t13-/m0/s1. The third kappa shape index (κ3) is 9.48. The van der Waals surface area contributed by atoms with E-state index in [1.54, 1.807) is 0 Å². The van der Waals surface area contributed by atoms with E-state index in [9.17, 15) is 9.59 Å². The van der Waals surface area contributed by atoms with E-state index in [1.807, 2.05) is 41.5 Å². The molecule has 0 spiro atoms. The summed E-state index contributed by atoms with van der Waals surface area (Å²) >= 11 is 0. The Balaban J connectivity index is 3.94. The summed E-state index contributed by atoms with van der Waals surface area (Å²) < 4.78 is 5.17. The van der Waals surface area contributed by atoms with E-state index in [-0.39, 0.29) is 17.4 Å². The Hall–Kier alpha value is -1.06. The Morgan fingerprint density at radius 3 is 2.05 bits per heavy atom. The summed E-state index contributed by atoms with van der Waals surface area (Å²) in [4.78, 5) is 23.7. The number of unbranched alkanes of at least 4 members (excludes halogenated alkanes) is 1. The molecule has 1 N–H and O–H groups in total. The molecule has 0 aliphatic carbocycles. The number of amides is 1. The van der Waals surface area contributed by atoms with Gasteiger partial charge in [0.25, 0.3) is 0 Å². The first-order chi connectivity index (χ1) is 9.47. The molecular weight excluding hydrogens is 266 g/mol. The number of ketones is 1. The molecule has 0 rings (SSSR count). The third-order valence-electron chi connectivity index (χ3n) is 3.25. The van der Waals surface area contributed by atoms with Crippen molar-refractivity contribution in [2.75, 3.05) is 6.54 Å². The Morgan fingerprint density at radius 2 is 1.62 bits per heavy atom. The molecule has 0 aromatic carbocycles. The molecule has 1 atom stereocenters. The van der Waals surface area contributed by atoms with Crippen molar-refractivity contribution in [2.45, 2.75) is 79.8 Å². The number of nitrogens with one attached hydrogen (secondary N) is 1. The van der Waals surface area contributed by atoms with Gasteiger partial charge in [-0.25, -0.2) is 4.79 Å². The molecule has 0 aromatic heterocycles. The van der Waals surface area contributed by atoms with E-state index in [2.05, 4.69) is 12.2 Å². The van der Waals surface area contributed by atoms with Crippen LogP contribution in [-0.4, -0.2) is 24.0 Å². The molecule has 124 valence electrons. The molecule has 0 aromatic rings. The van der Waals surface area contributed by atoms with Gasteiger partial charge in [-0.05, 0) is 40.0 Å². The molecule has 0 heterocycles. The van der Waals surface area contributed by atoms with Crippen molar-refractivity contribution in [1.29, 1.82) is 0 Å². The highest BCUT2D eigenvalue weighted by atomic mass is 16.6. The van der Waals surface area contributed by atoms with E-state index < -0.39 is 5.60 Å².